The summed E-state index contributed by atoms with van der Waals surface area (Å²) in [6.07, 6.45) is 0. The van der Waals surface area contributed by atoms with E-state index in [1.165, 1.54) is 4.90 Å². The highest BCUT2D eigenvalue weighted by Crippen LogP contribution is 2.17. The summed E-state index contributed by atoms with van der Waals surface area (Å²) in [7, 11) is 1.55. The monoisotopic (exact) mass is 256 g/mol. The van der Waals surface area contributed by atoms with Gasteiger partial charge in [0, 0.05) is 13.6 Å². The van der Waals surface area contributed by atoms with Crippen LogP contribution in [0, 0.1) is 17.0 Å². The van der Waals surface area contributed by atoms with Crippen LogP contribution in [0.25, 0.3) is 0 Å². The highest BCUT2D eigenvalue weighted by Gasteiger charge is 2.23. The summed E-state index contributed by atoms with van der Waals surface area (Å²) in [6.45, 7) is 4.58. The largest absolute Gasteiger partial charge is 0.341 e. The number of carbonyl (C=O) groups excluding carboxylic acids is 1. The lowest BCUT2D eigenvalue weighted by atomic mass is 9.93. The first-order valence-electron chi connectivity index (χ1n) is 5.67. The van der Waals surface area contributed by atoms with Crippen LogP contribution in [0.5, 0.6) is 0 Å². The van der Waals surface area contributed by atoms with Crippen molar-refractivity contribution in [1.29, 1.82) is 0 Å². The third-order valence-electron chi connectivity index (χ3n) is 2.72. The second kappa shape index (κ2) is 5.44. The van der Waals surface area contributed by atoms with Crippen molar-refractivity contribution in [2.75, 3.05) is 20.1 Å². The van der Waals surface area contributed by atoms with Gasteiger partial charge in [0.05, 0.1) is 5.56 Å². The van der Waals surface area contributed by atoms with Crippen molar-refractivity contribution in [2.45, 2.75) is 13.8 Å². The molecule has 2 N–H and O–H groups in total. The van der Waals surface area contributed by atoms with E-state index in [2.05, 4.69) is 0 Å². The molecule has 0 saturated carbocycles. The Hall–Kier alpha value is -1.49. The van der Waals surface area contributed by atoms with Crippen LogP contribution in [0.4, 0.5) is 8.78 Å². The number of nitrogens with two attached hydrogens (primary N) is 1. The fourth-order valence-electron chi connectivity index (χ4n) is 1.65. The molecule has 1 amide bonds. The lowest BCUT2D eigenvalue weighted by Gasteiger charge is -2.29. The molecule has 100 valence electrons. The molecule has 5 heteroatoms. The quantitative estimate of drug-likeness (QED) is 0.895. The van der Waals surface area contributed by atoms with E-state index >= 15 is 0 Å². The number of halogens is 2. The lowest BCUT2D eigenvalue weighted by molar-refractivity contribution is 0.0735. The number of hydrogen-bond acceptors (Lipinski definition) is 2. The average molecular weight is 256 g/mol. The SMILES string of the molecule is CN(CC(C)(C)CN)C(=O)c1cc(F)ccc1F. The van der Waals surface area contributed by atoms with Gasteiger partial charge in [0.25, 0.3) is 5.91 Å². The van der Waals surface area contributed by atoms with Crippen molar-refractivity contribution in [2.24, 2.45) is 11.1 Å². The van der Waals surface area contributed by atoms with Gasteiger partial charge in [0.2, 0.25) is 0 Å². The molecule has 0 aliphatic carbocycles. The Morgan fingerprint density at radius 2 is 2.00 bits per heavy atom. The minimum Gasteiger partial charge on any atom is -0.341 e. The molecule has 0 aromatic heterocycles. The Bertz CT molecular complexity index is 447. The van der Waals surface area contributed by atoms with Crippen LogP contribution < -0.4 is 5.73 Å². The lowest BCUT2D eigenvalue weighted by Crippen LogP contribution is -2.40. The van der Waals surface area contributed by atoms with Gasteiger partial charge in [-0.05, 0) is 30.2 Å². The van der Waals surface area contributed by atoms with Crippen molar-refractivity contribution in [3.05, 3.63) is 35.4 Å². The van der Waals surface area contributed by atoms with Crippen LogP contribution in [-0.2, 0) is 0 Å². The molecule has 1 aromatic rings. The van der Waals surface area contributed by atoms with E-state index in [4.69, 9.17) is 5.73 Å². The molecule has 18 heavy (non-hydrogen) atoms. The van der Waals surface area contributed by atoms with Gasteiger partial charge in [0.15, 0.2) is 0 Å². The van der Waals surface area contributed by atoms with E-state index in [0.29, 0.717) is 13.1 Å². The predicted octanol–water partition coefficient (Wildman–Crippen LogP) is 2.02. The smallest absolute Gasteiger partial charge is 0.256 e. The molecule has 0 aliphatic rings. The van der Waals surface area contributed by atoms with Crippen LogP contribution >= 0.6 is 0 Å². The van der Waals surface area contributed by atoms with Crippen molar-refractivity contribution in [3.63, 3.8) is 0 Å². The number of amides is 1. The summed E-state index contributed by atoms with van der Waals surface area (Å²) in [4.78, 5) is 13.3. The van der Waals surface area contributed by atoms with Gasteiger partial charge < -0.3 is 10.6 Å². The number of benzene rings is 1. The van der Waals surface area contributed by atoms with Crippen LogP contribution in [0.15, 0.2) is 18.2 Å². The van der Waals surface area contributed by atoms with E-state index in [9.17, 15) is 13.6 Å². The summed E-state index contributed by atoms with van der Waals surface area (Å²) >= 11 is 0. The Morgan fingerprint density at radius 1 is 1.39 bits per heavy atom. The minimum atomic E-state index is -0.723. The molecule has 3 nitrogen and oxygen atoms in total. The summed E-state index contributed by atoms with van der Waals surface area (Å²) in [5, 5.41) is 0. The van der Waals surface area contributed by atoms with E-state index in [1.54, 1.807) is 7.05 Å². The third kappa shape index (κ3) is 3.50. The maximum atomic E-state index is 13.5. The van der Waals surface area contributed by atoms with Gasteiger partial charge in [-0.2, -0.15) is 0 Å². The molecule has 0 unspecified atom stereocenters. The molecule has 0 aliphatic heterocycles. The first kappa shape index (κ1) is 14.6. The van der Waals surface area contributed by atoms with Gasteiger partial charge >= 0.3 is 0 Å². The molecule has 0 bridgehead atoms. The summed E-state index contributed by atoms with van der Waals surface area (Å²) in [5.74, 6) is -1.90. The highest BCUT2D eigenvalue weighted by atomic mass is 19.1. The molecule has 0 heterocycles. The Kier molecular flexibility index (Phi) is 4.40. The van der Waals surface area contributed by atoms with Crippen LogP contribution in [0.3, 0.4) is 0 Å². The van der Waals surface area contributed by atoms with E-state index in [0.717, 1.165) is 18.2 Å². The summed E-state index contributed by atoms with van der Waals surface area (Å²) in [5.41, 5.74) is 5.05. The van der Waals surface area contributed by atoms with E-state index in [-0.39, 0.29) is 11.0 Å². The van der Waals surface area contributed by atoms with Crippen molar-refractivity contribution in [1.82, 2.24) is 4.90 Å². The van der Waals surface area contributed by atoms with Crippen molar-refractivity contribution in [3.8, 4) is 0 Å². The third-order valence-corrected chi connectivity index (χ3v) is 2.72. The molecular formula is C13H18F2N2O. The Labute approximate surface area is 106 Å². The molecule has 1 aromatic carbocycles. The molecule has 0 atom stereocenters. The topological polar surface area (TPSA) is 46.3 Å². The van der Waals surface area contributed by atoms with Crippen molar-refractivity contribution < 1.29 is 13.6 Å². The number of hydrogen-bond donors (Lipinski definition) is 1. The number of rotatable bonds is 4. The molecule has 0 spiro atoms. The summed E-state index contributed by atoms with van der Waals surface area (Å²) < 4.78 is 26.5. The zero-order valence-electron chi connectivity index (χ0n) is 10.8. The maximum Gasteiger partial charge on any atom is 0.256 e. The Balaban J connectivity index is 2.90. The zero-order valence-corrected chi connectivity index (χ0v) is 10.8. The summed E-state index contributed by atoms with van der Waals surface area (Å²) in [6, 6.07) is 2.84. The number of carbonyl (C=O) groups is 1. The van der Waals surface area contributed by atoms with Gasteiger partial charge in [-0.25, -0.2) is 8.78 Å². The van der Waals surface area contributed by atoms with Crippen LogP contribution in [0.1, 0.15) is 24.2 Å². The Morgan fingerprint density at radius 3 is 2.56 bits per heavy atom. The van der Waals surface area contributed by atoms with Crippen LogP contribution in [-0.4, -0.2) is 30.9 Å². The maximum absolute atomic E-state index is 13.5. The van der Waals surface area contributed by atoms with Crippen molar-refractivity contribution >= 4 is 5.91 Å². The standard InChI is InChI=1S/C13H18F2N2O/c1-13(2,7-16)8-17(3)12(18)10-6-9(14)4-5-11(10)15/h4-6H,7-8,16H2,1-3H3. The normalized spacial score (nSPS) is 11.4. The minimum absolute atomic E-state index is 0.259. The second-order valence-corrected chi connectivity index (χ2v) is 5.15. The fourth-order valence-corrected chi connectivity index (χ4v) is 1.65. The molecule has 1 rings (SSSR count). The van der Waals surface area contributed by atoms with Gasteiger partial charge in [0.1, 0.15) is 11.6 Å². The second-order valence-electron chi connectivity index (χ2n) is 5.15. The van der Waals surface area contributed by atoms with Crippen LogP contribution in [0.2, 0.25) is 0 Å². The highest BCUT2D eigenvalue weighted by molar-refractivity contribution is 5.94. The predicted molar refractivity (Wildman–Crippen MR) is 66.2 cm³/mol. The number of nitrogens with zero attached hydrogens (tertiary/aromatic N) is 1. The van der Waals surface area contributed by atoms with E-state index < -0.39 is 17.5 Å². The molecular weight excluding hydrogens is 238 g/mol. The first-order chi connectivity index (χ1) is 8.26. The van der Waals surface area contributed by atoms with Gasteiger partial charge in [-0.1, -0.05) is 13.8 Å². The van der Waals surface area contributed by atoms with Gasteiger partial charge in [-0.3, -0.25) is 4.79 Å². The zero-order chi connectivity index (χ0) is 13.9. The molecule has 0 fully saturated rings. The fraction of sp³-hybridized carbons (Fsp3) is 0.462. The average Bonchev–Trinajstić information content (AvgIpc) is 2.31. The van der Waals surface area contributed by atoms with Gasteiger partial charge in [-0.15, -0.1) is 0 Å². The first-order valence-corrected chi connectivity index (χ1v) is 5.67. The van der Waals surface area contributed by atoms with E-state index in [1.807, 2.05) is 13.8 Å². The molecule has 0 radical (unpaired) electrons. The molecule has 0 saturated heterocycles.